The molecule has 0 aliphatic rings. The molecule has 28 heavy (non-hydrogen) atoms. The molecule has 2 N–H and O–H groups in total. The zero-order valence-electron chi connectivity index (χ0n) is 14.2. The highest BCUT2D eigenvalue weighted by atomic mass is 32.2. The number of anilines is 1. The molecule has 2 rings (SSSR count). The molecule has 2 aromatic rings. The van der Waals surface area contributed by atoms with Crippen LogP contribution in [0.3, 0.4) is 0 Å². The maximum absolute atomic E-state index is 13.4. The monoisotopic (exact) mass is 421 g/mol. The van der Waals surface area contributed by atoms with E-state index in [2.05, 4.69) is 4.74 Å². The number of carboxylic acid groups (broad SMARTS) is 1. The Kier molecular flexibility index (Phi) is 6.49. The van der Waals surface area contributed by atoms with E-state index in [0.29, 0.717) is 11.6 Å². The van der Waals surface area contributed by atoms with Gasteiger partial charge in [-0.1, -0.05) is 12.1 Å². The number of carbonyl (C=O) groups is 1. The van der Waals surface area contributed by atoms with Crippen molar-refractivity contribution in [1.82, 2.24) is 0 Å². The summed E-state index contributed by atoms with van der Waals surface area (Å²) in [6.07, 6.45) is -4.59. The molecule has 0 unspecified atom stereocenters. The third-order valence-corrected chi connectivity index (χ3v) is 4.82. The van der Waals surface area contributed by atoms with E-state index in [1.54, 1.807) is 0 Å². The van der Waals surface area contributed by atoms with Gasteiger partial charge < -0.3 is 9.84 Å². The quantitative estimate of drug-likeness (QED) is 0.636. The molecule has 152 valence electrons. The van der Waals surface area contributed by atoms with Crippen LogP contribution in [-0.2, 0) is 21.2 Å². The molecule has 0 heterocycles. The van der Waals surface area contributed by atoms with Crippen LogP contribution in [0.5, 0.6) is 5.75 Å². The number of alkyl halides is 3. The van der Waals surface area contributed by atoms with Crippen molar-refractivity contribution in [3.63, 3.8) is 0 Å². The van der Waals surface area contributed by atoms with Crippen LogP contribution in [0.1, 0.15) is 12.0 Å². The summed E-state index contributed by atoms with van der Waals surface area (Å²) in [6, 6.07) is 7.64. The van der Waals surface area contributed by atoms with Crippen molar-refractivity contribution in [3.8, 4) is 5.75 Å². The highest BCUT2D eigenvalue weighted by Crippen LogP contribution is 2.29. The first-order valence-electron chi connectivity index (χ1n) is 7.79. The second-order valence-electron chi connectivity index (χ2n) is 5.69. The van der Waals surface area contributed by atoms with Crippen molar-refractivity contribution >= 4 is 21.7 Å². The van der Waals surface area contributed by atoms with Gasteiger partial charge in [0.25, 0.3) is 10.0 Å². The summed E-state index contributed by atoms with van der Waals surface area (Å²) in [6.45, 7) is -1.67. The van der Waals surface area contributed by atoms with Crippen LogP contribution in [0, 0.1) is 5.82 Å². The molecule has 0 aromatic heterocycles. The molecule has 0 aliphatic heterocycles. The Bertz CT molecular complexity index is 943. The van der Waals surface area contributed by atoms with Gasteiger partial charge in [-0.15, -0.1) is 0 Å². The minimum absolute atomic E-state index is 0.131. The van der Waals surface area contributed by atoms with Crippen LogP contribution < -0.4 is 9.46 Å². The Morgan fingerprint density at radius 3 is 2.32 bits per heavy atom. The first-order chi connectivity index (χ1) is 13.0. The minimum atomic E-state index is -4.66. The minimum Gasteiger partial charge on any atom is -0.482 e. The summed E-state index contributed by atoms with van der Waals surface area (Å²) in [5, 5.41) is 8.65. The molecule has 0 saturated heterocycles. The lowest BCUT2D eigenvalue weighted by molar-refractivity contribution is -0.153. The number of sulfonamides is 1. The maximum Gasteiger partial charge on any atom is 0.422 e. The van der Waals surface area contributed by atoms with E-state index in [1.165, 1.54) is 24.3 Å². The molecule has 0 saturated carbocycles. The number of aryl methyl sites for hydroxylation is 1. The first kappa shape index (κ1) is 21.5. The average molecular weight is 421 g/mol. The van der Waals surface area contributed by atoms with E-state index >= 15 is 0 Å². The van der Waals surface area contributed by atoms with Gasteiger partial charge in [-0.3, -0.25) is 9.52 Å². The summed E-state index contributed by atoms with van der Waals surface area (Å²) < 4.78 is 81.8. The van der Waals surface area contributed by atoms with Gasteiger partial charge in [0.15, 0.2) is 6.61 Å². The number of nitrogens with one attached hydrogen (secondary N) is 1. The topological polar surface area (TPSA) is 92.7 Å². The average Bonchev–Trinajstić information content (AvgIpc) is 2.58. The van der Waals surface area contributed by atoms with E-state index in [9.17, 15) is 30.8 Å². The van der Waals surface area contributed by atoms with E-state index in [0.717, 1.165) is 12.1 Å². The third kappa shape index (κ3) is 6.41. The molecule has 0 fully saturated rings. The predicted octanol–water partition coefficient (Wildman–Crippen LogP) is 3.58. The van der Waals surface area contributed by atoms with Gasteiger partial charge in [-0.05, 0) is 36.2 Å². The molecular formula is C17H15F4NO5S. The first-order valence-corrected chi connectivity index (χ1v) is 9.27. The van der Waals surface area contributed by atoms with Crippen molar-refractivity contribution in [1.29, 1.82) is 0 Å². The number of rotatable bonds is 8. The van der Waals surface area contributed by atoms with Gasteiger partial charge in [0, 0.05) is 12.5 Å². The van der Waals surface area contributed by atoms with Gasteiger partial charge in [0.05, 0.1) is 10.6 Å². The van der Waals surface area contributed by atoms with Gasteiger partial charge in [-0.2, -0.15) is 13.2 Å². The number of benzene rings is 2. The predicted molar refractivity (Wildman–Crippen MR) is 91.2 cm³/mol. The van der Waals surface area contributed by atoms with Crippen LogP contribution in [0.25, 0.3) is 0 Å². The largest absolute Gasteiger partial charge is 0.482 e. The molecule has 0 amide bonds. The Morgan fingerprint density at radius 1 is 1.11 bits per heavy atom. The van der Waals surface area contributed by atoms with Gasteiger partial charge in [0.1, 0.15) is 11.6 Å². The number of hydrogen-bond donors (Lipinski definition) is 2. The molecule has 0 aliphatic carbocycles. The van der Waals surface area contributed by atoms with E-state index < -0.39 is 46.0 Å². The van der Waals surface area contributed by atoms with Crippen molar-refractivity contribution < 1.29 is 40.6 Å². The fourth-order valence-corrected chi connectivity index (χ4v) is 3.22. The highest BCUT2D eigenvalue weighted by Gasteiger charge is 2.29. The molecule has 0 radical (unpaired) electrons. The smallest absolute Gasteiger partial charge is 0.422 e. The van der Waals surface area contributed by atoms with Crippen LogP contribution in [0.2, 0.25) is 0 Å². The normalized spacial score (nSPS) is 11.9. The summed E-state index contributed by atoms with van der Waals surface area (Å²) >= 11 is 0. The van der Waals surface area contributed by atoms with Crippen LogP contribution >= 0.6 is 0 Å². The lowest BCUT2D eigenvalue weighted by Crippen LogP contribution is -2.20. The SMILES string of the molecule is O=C(O)CCc1ccc(S(=O)(=O)Nc2cc(F)ccc2OCC(F)(F)F)cc1. The van der Waals surface area contributed by atoms with E-state index in [4.69, 9.17) is 5.11 Å². The summed E-state index contributed by atoms with van der Waals surface area (Å²) in [5.41, 5.74) is 0.0977. The Balaban J connectivity index is 2.21. The molecule has 6 nitrogen and oxygen atoms in total. The number of hydrogen-bond acceptors (Lipinski definition) is 4. The van der Waals surface area contributed by atoms with Crippen LogP contribution in [0.15, 0.2) is 47.4 Å². The lowest BCUT2D eigenvalue weighted by atomic mass is 10.1. The number of aliphatic carboxylic acids is 1. The Labute approximate surface area is 157 Å². The Morgan fingerprint density at radius 2 is 1.75 bits per heavy atom. The van der Waals surface area contributed by atoms with Gasteiger partial charge in [0.2, 0.25) is 0 Å². The van der Waals surface area contributed by atoms with Crippen molar-refractivity contribution in [2.45, 2.75) is 23.9 Å². The van der Waals surface area contributed by atoms with Gasteiger partial charge in [-0.25, -0.2) is 12.8 Å². The van der Waals surface area contributed by atoms with Crippen molar-refractivity contribution in [2.75, 3.05) is 11.3 Å². The maximum atomic E-state index is 13.4. The zero-order valence-corrected chi connectivity index (χ0v) is 15.0. The molecular weight excluding hydrogens is 406 g/mol. The second-order valence-corrected chi connectivity index (χ2v) is 7.37. The molecule has 11 heteroatoms. The van der Waals surface area contributed by atoms with Crippen molar-refractivity contribution in [3.05, 3.63) is 53.8 Å². The molecule has 0 bridgehead atoms. The van der Waals surface area contributed by atoms with E-state index in [-0.39, 0.29) is 17.7 Å². The standard InChI is InChI=1S/C17H15F4NO5S/c18-12-4-7-15(27-10-17(19,20)21)14(9-12)22-28(25,26)13-5-1-11(2-6-13)3-8-16(23)24/h1-2,4-7,9,22H,3,8,10H2,(H,23,24). The fraction of sp³-hybridized carbons (Fsp3) is 0.235. The molecule has 0 spiro atoms. The van der Waals surface area contributed by atoms with Crippen molar-refractivity contribution in [2.24, 2.45) is 0 Å². The summed E-state index contributed by atoms with van der Waals surface area (Å²) in [7, 11) is -4.25. The summed E-state index contributed by atoms with van der Waals surface area (Å²) in [4.78, 5) is 10.3. The molecule has 2 aromatic carbocycles. The lowest BCUT2D eigenvalue weighted by Gasteiger charge is -2.15. The number of halogens is 4. The van der Waals surface area contributed by atoms with Gasteiger partial charge >= 0.3 is 12.1 Å². The number of carboxylic acids is 1. The zero-order chi connectivity index (χ0) is 20.9. The summed E-state index contributed by atoms with van der Waals surface area (Å²) in [5.74, 6) is -2.36. The highest BCUT2D eigenvalue weighted by molar-refractivity contribution is 7.92. The number of ether oxygens (including phenoxy) is 1. The third-order valence-electron chi connectivity index (χ3n) is 3.44. The second kappa shape index (κ2) is 8.46. The fourth-order valence-electron chi connectivity index (χ4n) is 2.16. The van der Waals surface area contributed by atoms with Crippen LogP contribution in [0.4, 0.5) is 23.2 Å². The van der Waals surface area contributed by atoms with Crippen LogP contribution in [-0.4, -0.2) is 32.3 Å². The molecule has 0 atom stereocenters. The van der Waals surface area contributed by atoms with E-state index in [1.807, 2.05) is 4.72 Å². The Hall–Kier alpha value is -2.82.